The minimum atomic E-state index is -1.71. The van der Waals surface area contributed by atoms with Gasteiger partial charge in [-0.05, 0) is 210 Å². The van der Waals surface area contributed by atoms with Gasteiger partial charge in [-0.2, -0.15) is 0 Å². The van der Waals surface area contributed by atoms with E-state index in [4.69, 9.17) is 0 Å². The molecule has 0 N–H and O–H groups in total. The van der Waals surface area contributed by atoms with E-state index in [1.807, 2.05) is 217 Å². The molecule has 558 valence electrons. The fourth-order valence-corrected chi connectivity index (χ4v) is 18.0. The number of nitrogens with zero attached hydrogens (tertiary/aromatic N) is 4. The fraction of sp³-hybridized carbons (Fsp3) is 0.182. The lowest BCUT2D eigenvalue weighted by molar-refractivity contribution is 0.589. The second-order valence-electron chi connectivity index (χ2n) is 36.4. The average Bonchev–Trinajstić information content (AvgIpc) is 1.65. The molecule has 5 heteroatoms. The van der Waals surface area contributed by atoms with E-state index in [0.717, 1.165) is 11.1 Å². The van der Waals surface area contributed by atoms with Gasteiger partial charge in [0.1, 0.15) is 0 Å². The highest BCUT2D eigenvalue weighted by Crippen LogP contribution is 2.50. The zero-order valence-corrected chi connectivity index (χ0v) is 67.2. The van der Waals surface area contributed by atoms with Gasteiger partial charge < -0.3 is 18.3 Å². The zero-order chi connectivity index (χ0) is 96.2. The second kappa shape index (κ2) is 25.0. The van der Waals surface area contributed by atoms with E-state index in [-0.39, 0.29) is 158 Å². The third-order valence-corrected chi connectivity index (χ3v) is 23.8. The third kappa shape index (κ3) is 10.6. The monoisotopic (exact) mass is 1500 g/mol. The van der Waals surface area contributed by atoms with Crippen molar-refractivity contribution in [1.82, 2.24) is 18.3 Å². The predicted octanol–water partition coefficient (Wildman–Crippen LogP) is 27.9. The van der Waals surface area contributed by atoms with Gasteiger partial charge in [0, 0.05) is 65.6 Å². The van der Waals surface area contributed by atoms with Crippen LogP contribution in [0.1, 0.15) is 159 Å². The van der Waals surface area contributed by atoms with Crippen LogP contribution in [0.25, 0.3) is 175 Å². The predicted molar refractivity (Wildman–Crippen MR) is 498 cm³/mol. The molecule has 6 heterocycles. The summed E-state index contributed by atoms with van der Waals surface area (Å²) in [4.78, 5) is 0. The van der Waals surface area contributed by atoms with E-state index in [2.05, 4.69) is 77.9 Å². The Morgan fingerprint density at radius 2 is 0.565 bits per heavy atom. The molecule has 2 aliphatic rings. The molecule has 0 saturated carbocycles. The normalized spacial score (nSPS) is 15.6. The van der Waals surface area contributed by atoms with Crippen molar-refractivity contribution in [3.63, 3.8) is 0 Å². The SMILES string of the molecule is [2H]c1c2c3c(c([2H])c1C(C)(C)C)-n1c4c(-c5ccccc5)cc(C(C)(C)C)cc4c4ccccc4c4ccccc4c4c(-n5c6c([2H])c([2H])c([2H])c([2H])c6c6c([2H])c(C(C)(C)C)c([2H])c([2H])c65)c([2H])c([2H])c(c41)B3c1c([2H])c([2H])c(-n3c4c([2H])c([2H])c([2H])c([2H])c4c4c([2H])c(C(C)(C)C)c([2H])c([2H])c43)c3c4ccccc4c4ccccc4c4cc(C(C)(C)C)cc(-c5ccccc5)c4n-2c13. The first kappa shape index (κ1) is 52.1. The average molecular weight is 1500 g/mol. The van der Waals surface area contributed by atoms with Crippen LogP contribution in [0.4, 0.5) is 0 Å². The fourth-order valence-electron chi connectivity index (χ4n) is 18.0. The molecule has 15 aromatic carbocycles. The Balaban J connectivity index is 1.18. The molecule has 0 unspecified atom stereocenters. The van der Waals surface area contributed by atoms with Gasteiger partial charge in [-0.15, -0.1) is 0 Å². The molecule has 21 rings (SSSR count). The first-order chi connectivity index (χ1) is 63.7. The van der Waals surface area contributed by atoms with Crippen LogP contribution >= 0.6 is 0 Å². The highest BCUT2D eigenvalue weighted by Gasteiger charge is 2.43. The summed E-state index contributed by atoms with van der Waals surface area (Å²) in [7, 11) is 0. The van der Waals surface area contributed by atoms with E-state index in [1.54, 1.807) is 0 Å². The van der Waals surface area contributed by atoms with Crippen LogP contribution in [0.3, 0.4) is 0 Å². The summed E-state index contributed by atoms with van der Waals surface area (Å²) in [5.41, 5.74) is 0.432. The molecular weight excluding hydrogens is 1390 g/mol. The van der Waals surface area contributed by atoms with Crippen molar-refractivity contribution < 1.29 is 27.4 Å². The van der Waals surface area contributed by atoms with Crippen LogP contribution in [-0.2, 0) is 27.1 Å². The van der Waals surface area contributed by atoms with Crippen molar-refractivity contribution in [2.75, 3.05) is 0 Å². The van der Waals surface area contributed by atoms with Gasteiger partial charge >= 0.3 is 0 Å². The molecule has 0 amide bonds. The summed E-state index contributed by atoms with van der Waals surface area (Å²) >= 11 is 0. The molecule has 0 bridgehead atoms. The lowest BCUT2D eigenvalue weighted by atomic mass is 9.34. The van der Waals surface area contributed by atoms with Gasteiger partial charge in [-0.3, -0.25) is 0 Å². The highest BCUT2D eigenvalue weighted by atomic mass is 15.1. The molecule has 0 spiro atoms. The van der Waals surface area contributed by atoms with E-state index in [9.17, 15) is 27.4 Å². The third-order valence-electron chi connectivity index (χ3n) is 23.8. The first-order valence-corrected chi connectivity index (χ1v) is 39.7. The van der Waals surface area contributed by atoms with Crippen molar-refractivity contribution in [1.29, 1.82) is 0 Å². The summed E-state index contributed by atoms with van der Waals surface area (Å²) in [5.74, 6) is 0. The molecular formula is C110H95BN4. The topological polar surface area (TPSA) is 19.7 Å². The van der Waals surface area contributed by atoms with Crippen LogP contribution in [0.5, 0.6) is 0 Å². The summed E-state index contributed by atoms with van der Waals surface area (Å²) in [6, 6.07) is 49.4. The maximum absolute atomic E-state index is 12.2. The number of rotatable bonds is 4. The Morgan fingerprint density at radius 3 is 0.930 bits per heavy atom. The molecule has 0 saturated heterocycles. The van der Waals surface area contributed by atoms with Crippen LogP contribution < -0.4 is 16.4 Å². The Labute approximate surface area is 702 Å². The number of aromatic nitrogens is 4. The lowest BCUT2D eigenvalue weighted by Gasteiger charge is -2.38. The number of para-hydroxylation sites is 2. The largest absolute Gasteiger partial charge is 0.309 e. The molecule has 0 radical (unpaired) electrons. The molecule has 0 aliphatic carbocycles. The number of fused-ring (bicyclic) bond motifs is 24. The molecule has 4 nitrogen and oxygen atoms in total. The van der Waals surface area contributed by atoms with Gasteiger partial charge in [-0.1, -0.05) is 322 Å². The smallest absolute Gasteiger partial charge is 0.252 e. The minimum absolute atomic E-state index is 0.0102. The lowest BCUT2D eigenvalue weighted by Crippen LogP contribution is -2.60. The number of benzene rings is 15. The van der Waals surface area contributed by atoms with Crippen LogP contribution in [0.2, 0.25) is 0 Å². The van der Waals surface area contributed by atoms with Crippen LogP contribution in [0, 0.1) is 0 Å². The maximum atomic E-state index is 12.2. The summed E-state index contributed by atoms with van der Waals surface area (Å²) in [5, 5.41) is 5.42. The zero-order valence-electron chi connectivity index (χ0n) is 87.2. The van der Waals surface area contributed by atoms with Crippen molar-refractivity contribution in [3.8, 4) is 45.0 Å². The Morgan fingerprint density at radius 1 is 0.243 bits per heavy atom. The maximum Gasteiger partial charge on any atom is 0.252 e. The molecule has 19 aromatic rings. The minimum Gasteiger partial charge on any atom is -0.309 e. The summed E-state index contributed by atoms with van der Waals surface area (Å²) in [6.07, 6.45) is 0. The molecule has 115 heavy (non-hydrogen) atoms. The van der Waals surface area contributed by atoms with Gasteiger partial charge in [0.15, 0.2) is 0 Å². The molecule has 4 aromatic heterocycles. The van der Waals surface area contributed by atoms with Gasteiger partial charge in [-0.25, -0.2) is 0 Å². The summed E-state index contributed by atoms with van der Waals surface area (Å²) in [6.45, 7) is 27.8. The highest BCUT2D eigenvalue weighted by molar-refractivity contribution is 7.00. The van der Waals surface area contributed by atoms with Crippen molar-refractivity contribution in [3.05, 3.63) is 331 Å². The van der Waals surface area contributed by atoms with Crippen molar-refractivity contribution in [2.45, 2.75) is 131 Å². The summed E-state index contributed by atoms with van der Waals surface area (Å²) < 4.78 is 222. The van der Waals surface area contributed by atoms with Gasteiger partial charge in [0.2, 0.25) is 0 Å². The number of hydrogen-bond donors (Lipinski definition) is 0. The molecule has 0 atom stereocenters. The van der Waals surface area contributed by atoms with Crippen LogP contribution in [0.15, 0.2) is 303 Å². The standard InChI is InChI=1S/C110H95BN4/c1-106(2,3)68-50-54-93-85(58-68)79-44-30-32-48-91(79)112(93)95-56-52-89-104-99(95)81-46-28-26-40-75(81)73-38-22-24-42-77(73)87-62-70(108(7,8)9)60-83(66-34-18-16-19-35-66)102(87)114(104)97-64-72(110(13,14)15)65-98-101(97)111(89)90-53-57-96(113-92-49-33-31-45-80(92)86-59-69(107(4,5)6)51-55-94(86)113)100-82-47-29-27-41-76(82)74-39-23-25-43-78(74)88-63-71(109(10,11)12)61-84(67-36-20-17-21-37-67)103(88)115(98)105(90)100/h16-65H,1-15H3/i30D,31D,32D,33D,44D,45D,48D,49D,50D,51D,52D,53D,54D,55D,56D,57D,58D,59D,64D,65D. The molecule has 2 aliphatic heterocycles. The quantitative estimate of drug-likeness (QED) is 0.157. The Hall–Kier alpha value is -12.4. The number of hydrogen-bond acceptors (Lipinski definition) is 0. The van der Waals surface area contributed by atoms with Crippen molar-refractivity contribution >= 4 is 153 Å². The Bertz CT molecular complexity index is 8370. The van der Waals surface area contributed by atoms with E-state index in [1.165, 1.54) is 9.13 Å². The van der Waals surface area contributed by atoms with Gasteiger partial charge in [0.25, 0.3) is 6.71 Å². The first-order valence-electron chi connectivity index (χ1n) is 49.7. The molecule has 0 fully saturated rings. The van der Waals surface area contributed by atoms with E-state index >= 15 is 0 Å². The van der Waals surface area contributed by atoms with Crippen LogP contribution in [-0.4, -0.2) is 25.0 Å². The van der Waals surface area contributed by atoms with E-state index < -0.39 is 118 Å². The second-order valence-corrected chi connectivity index (χ2v) is 36.4. The van der Waals surface area contributed by atoms with Crippen molar-refractivity contribution in [2.24, 2.45) is 0 Å². The van der Waals surface area contributed by atoms with Gasteiger partial charge in [0.05, 0.1) is 82.9 Å². The van der Waals surface area contributed by atoms with E-state index in [0.29, 0.717) is 87.1 Å². The Kier molecular flexibility index (Phi) is 11.3.